The molecule has 1 aliphatic rings. The number of hydrogen-bond donors (Lipinski definition) is 0. The molecule has 0 unspecified atom stereocenters. The van der Waals surface area contributed by atoms with E-state index < -0.39 is 0 Å². The highest BCUT2D eigenvalue weighted by molar-refractivity contribution is 7.25. The first-order valence-corrected chi connectivity index (χ1v) is 18.4. The van der Waals surface area contributed by atoms with Crippen molar-refractivity contribution in [3.05, 3.63) is 170 Å². The van der Waals surface area contributed by atoms with Crippen molar-refractivity contribution in [1.29, 1.82) is 0 Å². The Bertz CT molecular complexity index is 3040. The molecule has 10 aromatic rings. The van der Waals surface area contributed by atoms with Gasteiger partial charge in [0.2, 0.25) is 5.95 Å². The first-order valence-electron chi connectivity index (χ1n) is 17.6. The maximum absolute atomic E-state index is 5.27. The number of thiophene rings is 1. The zero-order chi connectivity index (χ0) is 34.9. The molecule has 11 rings (SSSR count). The molecule has 7 aromatic carbocycles. The third-order valence-electron chi connectivity index (χ3n) is 9.99. The van der Waals surface area contributed by atoms with E-state index in [-0.39, 0.29) is 0 Å². The van der Waals surface area contributed by atoms with Crippen molar-refractivity contribution < 1.29 is 0 Å². The molecule has 0 atom stereocenters. The maximum Gasteiger partial charge on any atom is 0.220 e. The van der Waals surface area contributed by atoms with Crippen LogP contribution in [-0.2, 0) is 0 Å². The van der Waals surface area contributed by atoms with Gasteiger partial charge in [0, 0.05) is 53.7 Å². The van der Waals surface area contributed by atoms with Crippen LogP contribution in [0, 0.1) is 0 Å². The molecule has 0 saturated heterocycles. The minimum Gasteiger partial charge on any atom is -0.280 e. The van der Waals surface area contributed by atoms with Crippen LogP contribution in [-0.4, -0.2) is 24.5 Å². The molecule has 0 bridgehead atoms. The Kier molecular flexibility index (Phi) is 6.62. The van der Waals surface area contributed by atoms with Crippen molar-refractivity contribution in [3.63, 3.8) is 0 Å². The Labute approximate surface area is 309 Å². The van der Waals surface area contributed by atoms with Crippen LogP contribution in [0.25, 0.3) is 82.2 Å². The van der Waals surface area contributed by atoms with E-state index in [1.807, 2.05) is 36.4 Å². The van der Waals surface area contributed by atoms with E-state index in [1.54, 1.807) is 11.3 Å². The van der Waals surface area contributed by atoms with E-state index in [4.69, 9.17) is 19.9 Å². The summed E-state index contributed by atoms with van der Waals surface area (Å²) in [6.45, 7) is 0. The molecular weight excluding hydrogens is 669 g/mol. The van der Waals surface area contributed by atoms with Gasteiger partial charge in [0.15, 0.2) is 17.5 Å². The van der Waals surface area contributed by atoms with Crippen LogP contribution < -0.4 is 4.90 Å². The highest BCUT2D eigenvalue weighted by Gasteiger charge is 2.29. The predicted molar refractivity (Wildman–Crippen MR) is 217 cm³/mol. The van der Waals surface area contributed by atoms with E-state index in [0.29, 0.717) is 17.5 Å². The first-order chi connectivity index (χ1) is 26.3. The van der Waals surface area contributed by atoms with Crippen molar-refractivity contribution in [2.45, 2.75) is 0 Å². The molecule has 0 fully saturated rings. The lowest BCUT2D eigenvalue weighted by molar-refractivity contribution is 1.05. The maximum atomic E-state index is 5.27. The Morgan fingerprint density at radius 1 is 0.415 bits per heavy atom. The summed E-state index contributed by atoms with van der Waals surface area (Å²) >= 11 is 1.81. The quantitative estimate of drug-likeness (QED) is 0.183. The molecule has 53 heavy (non-hydrogen) atoms. The largest absolute Gasteiger partial charge is 0.280 e. The monoisotopic (exact) mass is 696 g/mol. The lowest BCUT2D eigenvalue weighted by Crippen LogP contribution is -2.14. The molecule has 1 aliphatic heterocycles. The normalized spacial score (nSPS) is 12.1. The third-order valence-corrected chi connectivity index (χ3v) is 11.1. The fourth-order valence-electron chi connectivity index (χ4n) is 7.56. The van der Waals surface area contributed by atoms with Crippen molar-refractivity contribution in [1.82, 2.24) is 24.5 Å². The van der Waals surface area contributed by atoms with Crippen LogP contribution in [0.1, 0.15) is 0 Å². The Morgan fingerprint density at radius 2 is 1.04 bits per heavy atom. The van der Waals surface area contributed by atoms with Gasteiger partial charge < -0.3 is 0 Å². The van der Waals surface area contributed by atoms with E-state index in [1.165, 1.54) is 20.2 Å². The molecule has 0 spiro atoms. The van der Waals surface area contributed by atoms with Gasteiger partial charge in [-0.25, -0.2) is 19.9 Å². The summed E-state index contributed by atoms with van der Waals surface area (Å²) in [7, 11) is 0. The number of rotatable bonds is 4. The van der Waals surface area contributed by atoms with Crippen molar-refractivity contribution in [2.75, 3.05) is 4.90 Å². The van der Waals surface area contributed by atoms with Gasteiger partial charge in [-0.15, -0.1) is 11.3 Å². The highest BCUT2D eigenvalue weighted by Crippen LogP contribution is 2.48. The number of anilines is 3. The molecule has 0 N–H and O–H groups in total. The average Bonchev–Trinajstić information content (AvgIpc) is 3.76. The zero-order valence-corrected chi connectivity index (χ0v) is 29.1. The first kappa shape index (κ1) is 29.7. The number of nitrogens with zero attached hydrogens (tertiary/aromatic N) is 6. The number of hydrogen-bond acceptors (Lipinski definition) is 6. The second kappa shape index (κ2) is 11.8. The summed E-state index contributed by atoms with van der Waals surface area (Å²) in [5, 5.41) is 2.45. The fourth-order valence-corrected chi connectivity index (χ4v) is 8.64. The Balaban J connectivity index is 1.12. The second-order valence-electron chi connectivity index (χ2n) is 13.1. The molecule has 0 amide bonds. The van der Waals surface area contributed by atoms with E-state index >= 15 is 0 Å². The number of imidazole rings is 1. The zero-order valence-electron chi connectivity index (χ0n) is 28.3. The minimum absolute atomic E-state index is 0.603. The molecule has 0 saturated carbocycles. The van der Waals surface area contributed by atoms with Gasteiger partial charge in [-0.3, -0.25) is 9.47 Å². The average molecular weight is 697 g/mol. The van der Waals surface area contributed by atoms with Crippen molar-refractivity contribution >= 4 is 59.9 Å². The van der Waals surface area contributed by atoms with Gasteiger partial charge in [-0.2, -0.15) is 0 Å². The van der Waals surface area contributed by atoms with Gasteiger partial charge >= 0.3 is 0 Å². The lowest BCUT2D eigenvalue weighted by Gasteiger charge is -2.25. The van der Waals surface area contributed by atoms with Gasteiger partial charge in [0.1, 0.15) is 0 Å². The van der Waals surface area contributed by atoms with Crippen LogP contribution in [0.4, 0.5) is 17.3 Å². The summed E-state index contributed by atoms with van der Waals surface area (Å²) < 4.78 is 4.78. The third kappa shape index (κ3) is 4.79. The van der Waals surface area contributed by atoms with Crippen LogP contribution in [0.5, 0.6) is 0 Å². The van der Waals surface area contributed by atoms with Gasteiger partial charge in [-0.1, -0.05) is 109 Å². The highest BCUT2D eigenvalue weighted by atomic mass is 32.1. The van der Waals surface area contributed by atoms with Crippen molar-refractivity contribution in [2.24, 2.45) is 0 Å². The van der Waals surface area contributed by atoms with Gasteiger partial charge in [-0.05, 0) is 60.7 Å². The summed E-state index contributed by atoms with van der Waals surface area (Å²) in [4.78, 5) is 22.9. The molecular formula is C46H28N6S. The van der Waals surface area contributed by atoms with Crippen molar-refractivity contribution in [3.8, 4) is 51.0 Å². The number of para-hydroxylation sites is 4. The summed E-state index contributed by atoms with van der Waals surface area (Å²) in [6, 6.07) is 59.1. The SMILES string of the molecule is c1ccc(-c2nc(-c3cccc(N4c5ccccc5-c5ccccc5-n5c4nc4ccccc45)c3)nc(-c3ccc4sc5ccccc5c4c3)n2)cc1. The summed E-state index contributed by atoms with van der Waals surface area (Å²) in [6.07, 6.45) is 0. The van der Waals surface area contributed by atoms with Gasteiger partial charge in [0.05, 0.1) is 22.4 Å². The van der Waals surface area contributed by atoms with E-state index in [0.717, 1.165) is 61.9 Å². The summed E-state index contributed by atoms with van der Waals surface area (Å²) in [5.41, 5.74) is 10.1. The molecule has 0 radical (unpaired) electrons. The van der Waals surface area contributed by atoms with Crippen LogP contribution >= 0.6 is 11.3 Å². The topological polar surface area (TPSA) is 59.7 Å². The predicted octanol–water partition coefficient (Wildman–Crippen LogP) is 12.0. The Hall–Kier alpha value is -6.96. The molecule has 4 heterocycles. The standard InChI is InChI=1S/C46H28N6S/c1-2-13-29(14-3-1)43-48-44(50-45(49-43)31-25-26-42-36(28-31)35-19-6-11-24-41(35)53-42)30-15-12-16-32(27-30)51-38-21-8-4-17-33(38)34-18-5-9-22-39(34)52-40-23-10-7-20-37(40)47-46(51)52/h1-28H. The van der Waals surface area contributed by atoms with E-state index in [9.17, 15) is 0 Å². The summed E-state index contributed by atoms with van der Waals surface area (Å²) in [5.74, 6) is 2.68. The molecule has 0 aliphatic carbocycles. The lowest BCUT2D eigenvalue weighted by atomic mass is 10.0. The fraction of sp³-hybridized carbons (Fsp3) is 0. The number of benzene rings is 7. The number of fused-ring (bicyclic) bond motifs is 10. The molecule has 6 nitrogen and oxygen atoms in total. The van der Waals surface area contributed by atoms with E-state index in [2.05, 4.69) is 143 Å². The minimum atomic E-state index is 0.603. The molecule has 248 valence electrons. The van der Waals surface area contributed by atoms with Crippen LogP contribution in [0.3, 0.4) is 0 Å². The number of aromatic nitrogens is 5. The van der Waals surface area contributed by atoms with Crippen LogP contribution in [0.15, 0.2) is 170 Å². The van der Waals surface area contributed by atoms with Gasteiger partial charge in [0.25, 0.3) is 0 Å². The second-order valence-corrected chi connectivity index (χ2v) is 14.2. The van der Waals surface area contributed by atoms with Crippen LogP contribution in [0.2, 0.25) is 0 Å². The smallest absolute Gasteiger partial charge is 0.220 e. The molecule has 7 heteroatoms. The Morgan fingerprint density at radius 3 is 1.89 bits per heavy atom. The molecule has 3 aromatic heterocycles.